The molecule has 0 saturated carbocycles. The van der Waals surface area contributed by atoms with Crippen LogP contribution in [0.2, 0.25) is 0 Å². The van der Waals surface area contributed by atoms with E-state index in [1.54, 1.807) is 36.4 Å². The first-order valence-corrected chi connectivity index (χ1v) is 10.9. The number of ketones is 1. The molecule has 1 aliphatic heterocycles. The fraction of sp³-hybridized carbons (Fsp3) is 0.360. The van der Waals surface area contributed by atoms with Crippen LogP contribution in [0, 0.1) is 0 Å². The molecule has 0 bridgehead atoms. The van der Waals surface area contributed by atoms with Gasteiger partial charge in [-0.05, 0) is 36.4 Å². The van der Waals surface area contributed by atoms with Crippen LogP contribution in [-0.2, 0) is 14.2 Å². The molecule has 9 nitrogen and oxygen atoms in total. The number of benzene rings is 2. The molecule has 0 radical (unpaired) electrons. The van der Waals surface area contributed by atoms with Crippen molar-refractivity contribution in [1.82, 2.24) is 0 Å². The van der Waals surface area contributed by atoms with Gasteiger partial charge in [-0.2, -0.15) is 0 Å². The number of hydrogen-bond donors (Lipinski definition) is 0. The van der Waals surface area contributed by atoms with Crippen LogP contribution >= 0.6 is 0 Å². The summed E-state index contributed by atoms with van der Waals surface area (Å²) in [7, 11) is 1.52. The van der Waals surface area contributed by atoms with Gasteiger partial charge in [0.15, 0.2) is 11.5 Å². The van der Waals surface area contributed by atoms with E-state index in [4.69, 9.17) is 32.8 Å². The van der Waals surface area contributed by atoms with Crippen molar-refractivity contribution >= 4 is 16.8 Å². The molecule has 1 aromatic heterocycles. The highest BCUT2D eigenvalue weighted by molar-refractivity contribution is 6.10. The minimum Gasteiger partial charge on any atom is -0.497 e. The zero-order valence-electron chi connectivity index (χ0n) is 18.9. The van der Waals surface area contributed by atoms with Crippen LogP contribution in [0.4, 0.5) is 0 Å². The van der Waals surface area contributed by atoms with Gasteiger partial charge in [-0.25, -0.2) is 4.79 Å². The Bertz CT molecular complexity index is 1180. The largest absolute Gasteiger partial charge is 0.497 e. The number of rotatable bonds is 3. The van der Waals surface area contributed by atoms with Crippen molar-refractivity contribution in [2.24, 2.45) is 0 Å². The van der Waals surface area contributed by atoms with Gasteiger partial charge < -0.3 is 32.8 Å². The SMILES string of the molecule is COc1ccc2cc(C(=O)c3ccc4c(c3)OCCOCCOCCOCCO4)c(=O)oc2c1. The second-order valence-corrected chi connectivity index (χ2v) is 7.38. The Morgan fingerprint density at radius 1 is 0.765 bits per heavy atom. The Morgan fingerprint density at radius 2 is 1.41 bits per heavy atom. The number of hydrogen-bond acceptors (Lipinski definition) is 9. The molecule has 2 aromatic carbocycles. The molecule has 34 heavy (non-hydrogen) atoms. The van der Waals surface area contributed by atoms with Crippen LogP contribution in [-0.4, -0.2) is 65.7 Å². The highest BCUT2D eigenvalue weighted by atomic mass is 16.6. The molecule has 0 spiro atoms. The second-order valence-electron chi connectivity index (χ2n) is 7.38. The lowest BCUT2D eigenvalue weighted by atomic mass is 10.0. The summed E-state index contributed by atoms with van der Waals surface area (Å²) in [5.74, 6) is 0.903. The molecule has 3 aromatic rings. The van der Waals surface area contributed by atoms with E-state index < -0.39 is 11.4 Å². The Balaban J connectivity index is 1.58. The number of carbonyl (C=O) groups is 1. The molecule has 0 saturated heterocycles. The van der Waals surface area contributed by atoms with E-state index in [1.807, 2.05) is 0 Å². The average molecular weight is 470 g/mol. The van der Waals surface area contributed by atoms with Crippen LogP contribution in [0.3, 0.4) is 0 Å². The van der Waals surface area contributed by atoms with E-state index in [0.29, 0.717) is 74.5 Å². The van der Waals surface area contributed by atoms with Crippen molar-refractivity contribution in [3.8, 4) is 17.2 Å². The van der Waals surface area contributed by atoms with Crippen LogP contribution in [0.15, 0.2) is 51.7 Å². The summed E-state index contributed by atoms with van der Waals surface area (Å²) in [4.78, 5) is 25.7. The second kappa shape index (κ2) is 11.6. The molecular formula is C25H26O9. The van der Waals surface area contributed by atoms with Gasteiger partial charge >= 0.3 is 5.63 Å². The molecule has 0 unspecified atom stereocenters. The predicted octanol–water partition coefficient (Wildman–Crippen LogP) is 2.85. The molecule has 0 aliphatic carbocycles. The smallest absolute Gasteiger partial charge is 0.347 e. The Hall–Kier alpha value is -3.40. The Morgan fingerprint density at radius 3 is 2.09 bits per heavy atom. The van der Waals surface area contributed by atoms with Gasteiger partial charge in [-0.1, -0.05) is 0 Å². The first-order valence-electron chi connectivity index (χ1n) is 10.9. The van der Waals surface area contributed by atoms with Gasteiger partial charge in [-0.15, -0.1) is 0 Å². The first-order chi connectivity index (χ1) is 16.7. The van der Waals surface area contributed by atoms with E-state index in [-0.39, 0.29) is 17.7 Å². The van der Waals surface area contributed by atoms with Crippen molar-refractivity contribution in [3.63, 3.8) is 0 Å². The zero-order valence-corrected chi connectivity index (χ0v) is 18.9. The zero-order chi connectivity index (χ0) is 23.8. The van der Waals surface area contributed by atoms with Gasteiger partial charge in [-0.3, -0.25) is 4.79 Å². The highest BCUT2D eigenvalue weighted by Crippen LogP contribution is 2.30. The van der Waals surface area contributed by atoms with Crippen molar-refractivity contribution in [1.29, 1.82) is 0 Å². The van der Waals surface area contributed by atoms with E-state index >= 15 is 0 Å². The van der Waals surface area contributed by atoms with E-state index in [2.05, 4.69) is 0 Å². The molecule has 180 valence electrons. The maximum Gasteiger partial charge on any atom is 0.347 e. The first kappa shape index (κ1) is 23.7. The summed E-state index contributed by atoms with van der Waals surface area (Å²) in [6, 6.07) is 11.3. The standard InChI is InChI=1S/C25H26O9/c1-28-19-4-2-17-14-20(25(27)34-22(17)16-19)24(26)18-3-5-21-23(15-18)33-13-11-31-9-7-29-6-8-30-10-12-32-21/h2-5,14-16H,6-13H2,1H3. The third-order valence-electron chi connectivity index (χ3n) is 5.11. The van der Waals surface area contributed by atoms with Gasteiger partial charge in [0.05, 0.1) is 46.8 Å². The van der Waals surface area contributed by atoms with Crippen molar-refractivity contribution in [2.45, 2.75) is 0 Å². The molecular weight excluding hydrogens is 444 g/mol. The molecule has 2 heterocycles. The monoisotopic (exact) mass is 470 g/mol. The van der Waals surface area contributed by atoms with Crippen LogP contribution in [0.5, 0.6) is 17.2 Å². The van der Waals surface area contributed by atoms with Crippen LogP contribution in [0.25, 0.3) is 11.0 Å². The normalized spacial score (nSPS) is 15.8. The number of ether oxygens (including phenoxy) is 6. The Kier molecular flexibility index (Phi) is 8.13. The average Bonchev–Trinajstić information content (AvgIpc) is 2.86. The molecule has 9 heteroatoms. The minimum absolute atomic E-state index is 0.0765. The van der Waals surface area contributed by atoms with Gasteiger partial charge in [0.1, 0.15) is 30.1 Å². The fourth-order valence-electron chi connectivity index (χ4n) is 3.38. The van der Waals surface area contributed by atoms with Crippen molar-refractivity contribution in [2.75, 3.05) is 60.0 Å². The summed E-state index contributed by atoms with van der Waals surface area (Å²) in [6.45, 7) is 3.13. The summed E-state index contributed by atoms with van der Waals surface area (Å²) in [6.07, 6.45) is 0. The maximum absolute atomic E-state index is 13.2. The number of methoxy groups -OCH3 is 1. The Labute approximate surface area is 196 Å². The van der Waals surface area contributed by atoms with Gasteiger partial charge in [0.2, 0.25) is 5.78 Å². The highest BCUT2D eigenvalue weighted by Gasteiger charge is 2.19. The lowest BCUT2D eigenvalue weighted by Gasteiger charge is -2.14. The lowest BCUT2D eigenvalue weighted by molar-refractivity contribution is 0.00708. The van der Waals surface area contributed by atoms with Gasteiger partial charge in [0, 0.05) is 17.0 Å². The molecule has 0 N–H and O–H groups in total. The minimum atomic E-state index is -0.730. The predicted molar refractivity (Wildman–Crippen MR) is 122 cm³/mol. The molecule has 0 atom stereocenters. The summed E-state index contributed by atoms with van der Waals surface area (Å²) >= 11 is 0. The van der Waals surface area contributed by atoms with Crippen LogP contribution < -0.4 is 19.8 Å². The molecule has 1 aliphatic rings. The molecule has 0 amide bonds. The van der Waals surface area contributed by atoms with E-state index in [1.165, 1.54) is 13.2 Å². The quantitative estimate of drug-likeness (QED) is 0.422. The van der Waals surface area contributed by atoms with Crippen molar-refractivity contribution < 1.29 is 37.6 Å². The number of fused-ring (bicyclic) bond motifs is 2. The summed E-state index contributed by atoms with van der Waals surface area (Å²) in [5, 5.41) is 0.610. The third kappa shape index (κ3) is 5.93. The fourth-order valence-corrected chi connectivity index (χ4v) is 3.38. The molecule has 4 rings (SSSR count). The van der Waals surface area contributed by atoms with Gasteiger partial charge in [0.25, 0.3) is 0 Å². The number of carbonyl (C=O) groups excluding carboxylic acids is 1. The third-order valence-corrected chi connectivity index (χ3v) is 5.11. The molecule has 0 fully saturated rings. The lowest BCUT2D eigenvalue weighted by Crippen LogP contribution is -2.15. The van der Waals surface area contributed by atoms with Crippen molar-refractivity contribution in [3.05, 3.63) is 64.0 Å². The summed E-state index contributed by atoms with van der Waals surface area (Å²) < 4.78 is 38.5. The topological polar surface area (TPSA) is 103 Å². The maximum atomic E-state index is 13.2. The summed E-state index contributed by atoms with van der Waals surface area (Å²) in [5.41, 5.74) is -0.199. The van der Waals surface area contributed by atoms with Crippen LogP contribution in [0.1, 0.15) is 15.9 Å². The van der Waals surface area contributed by atoms with E-state index in [9.17, 15) is 9.59 Å². The van der Waals surface area contributed by atoms with E-state index in [0.717, 1.165) is 0 Å².